The Kier molecular flexibility index (Phi) is 4.84. The number of carbonyl (C=O) groups excluding carboxylic acids is 2. The first-order chi connectivity index (χ1) is 13.5. The van der Waals surface area contributed by atoms with E-state index in [0.717, 1.165) is 29.0 Å². The van der Waals surface area contributed by atoms with Gasteiger partial charge >= 0.3 is 0 Å². The molecule has 5 nitrogen and oxygen atoms in total. The Labute approximate surface area is 165 Å². The Morgan fingerprint density at radius 3 is 2.43 bits per heavy atom. The highest BCUT2D eigenvalue weighted by Gasteiger charge is 2.51. The summed E-state index contributed by atoms with van der Waals surface area (Å²) in [7, 11) is 3.50. The summed E-state index contributed by atoms with van der Waals surface area (Å²) in [6.45, 7) is 1.27. The van der Waals surface area contributed by atoms with Gasteiger partial charge in [0.1, 0.15) is 5.75 Å². The maximum Gasteiger partial charge on any atom is 0.237 e. The standard InChI is InChI=1S/C23H26N2O3/c1-24-20-6-4-3-5-19(20)23(22(24)27)13-15-25(16-14-23)21(26)12-9-17-7-10-18(28-2)11-8-17/h3-8,10-11H,9,12-16H2,1-2H3. The number of benzene rings is 2. The van der Waals surface area contributed by atoms with E-state index in [1.807, 2.05) is 54.4 Å². The molecule has 2 aliphatic rings. The number of fused-ring (bicyclic) bond motifs is 2. The predicted octanol–water partition coefficient (Wildman–Crippen LogP) is 3.16. The van der Waals surface area contributed by atoms with E-state index in [4.69, 9.17) is 4.74 Å². The molecule has 0 aliphatic carbocycles. The molecule has 0 unspecified atom stereocenters. The van der Waals surface area contributed by atoms with Crippen molar-refractivity contribution < 1.29 is 14.3 Å². The van der Waals surface area contributed by atoms with Gasteiger partial charge in [-0.15, -0.1) is 0 Å². The van der Waals surface area contributed by atoms with Crippen molar-refractivity contribution in [3.63, 3.8) is 0 Å². The molecule has 146 valence electrons. The van der Waals surface area contributed by atoms with Gasteiger partial charge in [-0.2, -0.15) is 0 Å². The Morgan fingerprint density at radius 1 is 1.07 bits per heavy atom. The van der Waals surface area contributed by atoms with Gasteiger partial charge in [0.05, 0.1) is 12.5 Å². The zero-order valence-electron chi connectivity index (χ0n) is 16.5. The number of methoxy groups -OCH3 is 1. The fourth-order valence-electron chi connectivity index (χ4n) is 4.54. The lowest BCUT2D eigenvalue weighted by Gasteiger charge is -2.38. The number of nitrogens with zero attached hydrogens (tertiary/aromatic N) is 2. The number of rotatable bonds is 4. The molecule has 2 heterocycles. The second kappa shape index (κ2) is 7.30. The minimum absolute atomic E-state index is 0.165. The molecule has 28 heavy (non-hydrogen) atoms. The van der Waals surface area contributed by atoms with Crippen LogP contribution in [-0.2, 0) is 21.4 Å². The van der Waals surface area contributed by atoms with Crippen LogP contribution in [0.1, 0.15) is 30.4 Å². The second-order valence-electron chi connectivity index (χ2n) is 7.69. The summed E-state index contributed by atoms with van der Waals surface area (Å²) in [5.74, 6) is 1.15. The monoisotopic (exact) mass is 378 g/mol. The number of hydrogen-bond donors (Lipinski definition) is 0. The number of aryl methyl sites for hydroxylation is 1. The lowest BCUT2D eigenvalue weighted by atomic mass is 9.73. The molecule has 4 rings (SSSR count). The molecule has 0 bridgehead atoms. The van der Waals surface area contributed by atoms with E-state index < -0.39 is 5.41 Å². The number of likely N-dealkylation sites (tertiary alicyclic amines) is 1. The molecule has 2 aromatic rings. The van der Waals surface area contributed by atoms with Crippen molar-refractivity contribution >= 4 is 17.5 Å². The summed E-state index contributed by atoms with van der Waals surface area (Å²) in [6, 6.07) is 15.9. The van der Waals surface area contributed by atoms with E-state index in [2.05, 4.69) is 6.07 Å². The molecule has 1 spiro atoms. The van der Waals surface area contributed by atoms with Crippen molar-refractivity contribution in [2.75, 3.05) is 32.1 Å². The third-order valence-electron chi connectivity index (χ3n) is 6.25. The lowest BCUT2D eigenvalue weighted by molar-refractivity contribution is -0.135. The minimum Gasteiger partial charge on any atom is -0.497 e. The largest absolute Gasteiger partial charge is 0.497 e. The number of carbonyl (C=O) groups is 2. The molecule has 0 saturated carbocycles. The van der Waals surface area contributed by atoms with Gasteiger partial charge in [-0.25, -0.2) is 0 Å². The Hall–Kier alpha value is -2.82. The van der Waals surface area contributed by atoms with E-state index in [-0.39, 0.29) is 11.8 Å². The lowest BCUT2D eigenvalue weighted by Crippen LogP contribution is -2.49. The van der Waals surface area contributed by atoms with Crippen molar-refractivity contribution in [2.24, 2.45) is 0 Å². The van der Waals surface area contributed by atoms with Crippen LogP contribution in [0.4, 0.5) is 5.69 Å². The zero-order valence-corrected chi connectivity index (χ0v) is 16.5. The van der Waals surface area contributed by atoms with E-state index in [0.29, 0.717) is 32.4 Å². The van der Waals surface area contributed by atoms with Crippen molar-refractivity contribution in [1.82, 2.24) is 4.90 Å². The van der Waals surface area contributed by atoms with E-state index in [1.165, 1.54) is 0 Å². The van der Waals surface area contributed by atoms with Crippen LogP contribution in [0.25, 0.3) is 0 Å². The first kappa shape index (κ1) is 18.5. The summed E-state index contributed by atoms with van der Waals surface area (Å²) in [4.78, 5) is 29.4. The van der Waals surface area contributed by atoms with Gasteiger partial charge in [0.25, 0.3) is 0 Å². The van der Waals surface area contributed by atoms with Crippen molar-refractivity contribution in [3.05, 3.63) is 59.7 Å². The summed E-state index contributed by atoms with van der Waals surface area (Å²) < 4.78 is 5.17. The molecule has 0 atom stereocenters. The Bertz CT molecular complexity index is 883. The first-order valence-corrected chi connectivity index (χ1v) is 9.83. The van der Waals surface area contributed by atoms with Gasteiger partial charge in [-0.3, -0.25) is 9.59 Å². The molecule has 0 radical (unpaired) electrons. The van der Waals surface area contributed by atoms with Gasteiger partial charge in [0.2, 0.25) is 11.8 Å². The fourth-order valence-corrected chi connectivity index (χ4v) is 4.54. The van der Waals surface area contributed by atoms with Gasteiger partial charge in [0, 0.05) is 32.2 Å². The van der Waals surface area contributed by atoms with Crippen LogP contribution in [0, 0.1) is 0 Å². The second-order valence-corrected chi connectivity index (χ2v) is 7.69. The topological polar surface area (TPSA) is 49.9 Å². The fraction of sp³-hybridized carbons (Fsp3) is 0.391. The van der Waals surface area contributed by atoms with Gasteiger partial charge in [-0.05, 0) is 48.6 Å². The number of amides is 2. The zero-order chi connectivity index (χ0) is 19.7. The molecule has 2 aliphatic heterocycles. The maximum atomic E-state index is 13.0. The molecule has 1 fully saturated rings. The van der Waals surface area contributed by atoms with Crippen LogP contribution in [0.15, 0.2) is 48.5 Å². The maximum absolute atomic E-state index is 13.0. The summed E-state index contributed by atoms with van der Waals surface area (Å²) in [6.07, 6.45) is 2.60. The Morgan fingerprint density at radius 2 is 1.75 bits per heavy atom. The van der Waals surface area contributed by atoms with Gasteiger partial charge in [0.15, 0.2) is 0 Å². The summed E-state index contributed by atoms with van der Waals surface area (Å²) in [5, 5.41) is 0. The third-order valence-corrected chi connectivity index (χ3v) is 6.25. The average molecular weight is 378 g/mol. The van der Waals surface area contributed by atoms with Crippen LogP contribution < -0.4 is 9.64 Å². The normalized spacial score (nSPS) is 17.7. The first-order valence-electron chi connectivity index (χ1n) is 9.83. The van der Waals surface area contributed by atoms with Crippen LogP contribution in [0.3, 0.4) is 0 Å². The quantitative estimate of drug-likeness (QED) is 0.821. The third kappa shape index (κ3) is 3.05. The summed E-state index contributed by atoms with van der Waals surface area (Å²) >= 11 is 0. The molecule has 2 aromatic carbocycles. The minimum atomic E-state index is -0.460. The van der Waals surface area contributed by atoms with Crippen molar-refractivity contribution in [3.8, 4) is 5.75 Å². The number of likely N-dealkylation sites (N-methyl/N-ethyl adjacent to an activating group) is 1. The highest BCUT2D eigenvalue weighted by atomic mass is 16.5. The Balaban J connectivity index is 1.38. The van der Waals surface area contributed by atoms with Crippen LogP contribution in [0.5, 0.6) is 5.75 Å². The molecule has 5 heteroatoms. The predicted molar refractivity (Wildman–Crippen MR) is 109 cm³/mol. The molecular formula is C23H26N2O3. The molecule has 2 amide bonds. The van der Waals surface area contributed by atoms with E-state index >= 15 is 0 Å². The van der Waals surface area contributed by atoms with Gasteiger partial charge < -0.3 is 14.5 Å². The van der Waals surface area contributed by atoms with E-state index in [9.17, 15) is 9.59 Å². The molecular weight excluding hydrogens is 352 g/mol. The van der Waals surface area contributed by atoms with Crippen molar-refractivity contribution in [2.45, 2.75) is 31.1 Å². The number of para-hydroxylation sites is 1. The van der Waals surface area contributed by atoms with Crippen LogP contribution >= 0.6 is 0 Å². The van der Waals surface area contributed by atoms with Crippen LogP contribution in [-0.4, -0.2) is 44.0 Å². The smallest absolute Gasteiger partial charge is 0.237 e. The average Bonchev–Trinajstić information content (AvgIpc) is 2.95. The number of ether oxygens (including phenoxy) is 1. The molecule has 0 aromatic heterocycles. The van der Waals surface area contributed by atoms with Crippen LogP contribution in [0.2, 0.25) is 0 Å². The number of piperidine rings is 1. The highest BCUT2D eigenvalue weighted by Crippen LogP contribution is 2.47. The number of hydrogen-bond acceptors (Lipinski definition) is 3. The van der Waals surface area contributed by atoms with Crippen molar-refractivity contribution in [1.29, 1.82) is 0 Å². The highest BCUT2D eigenvalue weighted by molar-refractivity contribution is 6.07. The van der Waals surface area contributed by atoms with Gasteiger partial charge in [-0.1, -0.05) is 30.3 Å². The van der Waals surface area contributed by atoms with E-state index in [1.54, 1.807) is 12.0 Å². The molecule has 0 N–H and O–H groups in total. The molecule has 1 saturated heterocycles. The summed E-state index contributed by atoms with van der Waals surface area (Å²) in [5.41, 5.74) is 2.79. The number of anilines is 1. The SMILES string of the molecule is COc1ccc(CCC(=O)N2CCC3(CC2)C(=O)N(C)c2ccccc23)cc1.